The number of halogens is 2. The molecule has 0 amide bonds. The zero-order valence-electron chi connectivity index (χ0n) is 12.4. The summed E-state index contributed by atoms with van der Waals surface area (Å²) in [6.07, 6.45) is 0. The molecule has 1 atom stereocenters. The van der Waals surface area contributed by atoms with Crippen LogP contribution in [0, 0.1) is 0 Å². The molecule has 116 valence electrons. The number of ketones is 1. The minimum Gasteiger partial charge on any atom is -0.506 e. The second-order valence-electron chi connectivity index (χ2n) is 6.16. The van der Waals surface area contributed by atoms with Crippen LogP contribution in [0.1, 0.15) is 42.7 Å². The molecule has 3 rings (SSSR count). The average Bonchev–Trinajstić information content (AvgIpc) is 2.65. The molecule has 1 aromatic carbocycles. The molecule has 4 nitrogen and oxygen atoms in total. The van der Waals surface area contributed by atoms with Crippen LogP contribution in [-0.2, 0) is 5.41 Å². The molecule has 1 N–H and O–H groups in total. The van der Waals surface area contributed by atoms with Crippen LogP contribution in [0.2, 0.25) is 0 Å². The number of carbonyl (C=O) groups is 1. The number of pyridine rings is 1. The van der Waals surface area contributed by atoms with Crippen molar-refractivity contribution >= 4 is 39.9 Å². The molecule has 0 spiro atoms. The first kappa shape index (κ1) is 15.4. The van der Waals surface area contributed by atoms with Crippen LogP contribution < -0.4 is 5.56 Å². The molecule has 0 saturated heterocycles. The molecule has 1 unspecified atom stereocenters. The van der Waals surface area contributed by atoms with Crippen molar-refractivity contribution in [3.05, 3.63) is 39.7 Å². The van der Waals surface area contributed by atoms with E-state index in [4.69, 9.17) is 23.2 Å². The predicted octanol–water partition coefficient (Wildman–Crippen LogP) is 3.55. The van der Waals surface area contributed by atoms with Gasteiger partial charge in [0, 0.05) is 16.8 Å². The standard InChI is InChI=1S/C16H15Cl2NO3/c1-7-16(2,3)9-6-4-5-8-11(9)19(7)15(22)10(12(8)20)13(21)14(17)18/h4-7,14,20H,1-3H3. The molecular formula is C16H15Cl2NO3. The number of benzene rings is 1. The summed E-state index contributed by atoms with van der Waals surface area (Å²) in [6.45, 7) is 5.98. The summed E-state index contributed by atoms with van der Waals surface area (Å²) in [4.78, 5) is 23.5. The summed E-state index contributed by atoms with van der Waals surface area (Å²) in [7, 11) is 0. The Hall–Kier alpha value is -1.52. The van der Waals surface area contributed by atoms with E-state index in [0.717, 1.165) is 5.56 Å². The SMILES string of the molecule is CC1n2c(=O)c(C(=O)C(Cl)Cl)c(O)c3cccc(c32)C1(C)C. The number of nitrogens with zero attached hydrogens (tertiary/aromatic N) is 1. The van der Waals surface area contributed by atoms with Crippen LogP contribution in [0.15, 0.2) is 23.0 Å². The minimum atomic E-state index is -1.39. The highest BCUT2D eigenvalue weighted by Gasteiger charge is 2.41. The molecule has 0 radical (unpaired) electrons. The van der Waals surface area contributed by atoms with Crippen molar-refractivity contribution in [2.75, 3.05) is 0 Å². The quantitative estimate of drug-likeness (QED) is 0.672. The summed E-state index contributed by atoms with van der Waals surface area (Å²) in [6, 6.07) is 5.27. The average molecular weight is 340 g/mol. The van der Waals surface area contributed by atoms with E-state index < -0.39 is 16.2 Å². The molecule has 0 aliphatic carbocycles. The van der Waals surface area contributed by atoms with E-state index in [9.17, 15) is 14.7 Å². The van der Waals surface area contributed by atoms with Crippen molar-refractivity contribution in [1.82, 2.24) is 4.57 Å². The van der Waals surface area contributed by atoms with Gasteiger partial charge in [-0.05, 0) is 18.6 Å². The Morgan fingerprint density at radius 1 is 1.36 bits per heavy atom. The lowest BCUT2D eigenvalue weighted by Gasteiger charge is -2.25. The second-order valence-corrected chi connectivity index (χ2v) is 7.26. The van der Waals surface area contributed by atoms with Crippen LogP contribution in [0.3, 0.4) is 0 Å². The highest BCUT2D eigenvalue weighted by Crippen LogP contribution is 2.46. The van der Waals surface area contributed by atoms with E-state index in [0.29, 0.717) is 10.9 Å². The first-order chi connectivity index (χ1) is 10.2. The molecule has 0 saturated carbocycles. The van der Waals surface area contributed by atoms with E-state index in [-0.39, 0.29) is 22.8 Å². The van der Waals surface area contributed by atoms with Crippen molar-refractivity contribution in [3.8, 4) is 5.75 Å². The number of hydrogen-bond donors (Lipinski definition) is 1. The van der Waals surface area contributed by atoms with Crippen LogP contribution in [0.4, 0.5) is 0 Å². The number of carbonyl (C=O) groups excluding carboxylic acids is 1. The number of hydrogen-bond acceptors (Lipinski definition) is 3. The monoisotopic (exact) mass is 339 g/mol. The Labute approximate surface area is 137 Å². The first-order valence-corrected chi connectivity index (χ1v) is 7.80. The van der Waals surface area contributed by atoms with Gasteiger partial charge in [-0.2, -0.15) is 0 Å². The van der Waals surface area contributed by atoms with Crippen LogP contribution in [-0.4, -0.2) is 20.3 Å². The molecule has 6 heteroatoms. The number of aromatic nitrogens is 1. The zero-order valence-corrected chi connectivity index (χ0v) is 13.9. The van der Waals surface area contributed by atoms with Gasteiger partial charge >= 0.3 is 0 Å². The number of Topliss-reactive ketones (excluding diaryl/α,β-unsaturated/α-hetero) is 1. The maximum absolute atomic E-state index is 12.8. The molecule has 1 aliphatic rings. The van der Waals surface area contributed by atoms with Crippen LogP contribution in [0.25, 0.3) is 10.9 Å². The zero-order chi connectivity index (χ0) is 16.4. The summed E-state index contributed by atoms with van der Waals surface area (Å²) in [5.74, 6) is -1.13. The molecule has 2 heterocycles. The Balaban J connectivity index is 2.52. The van der Waals surface area contributed by atoms with E-state index in [2.05, 4.69) is 0 Å². The summed E-state index contributed by atoms with van der Waals surface area (Å²) < 4.78 is 1.56. The fourth-order valence-corrected chi connectivity index (χ4v) is 3.44. The number of alkyl halides is 2. The number of para-hydroxylation sites is 1. The topological polar surface area (TPSA) is 59.3 Å². The van der Waals surface area contributed by atoms with Crippen LogP contribution >= 0.6 is 23.2 Å². The van der Waals surface area contributed by atoms with Gasteiger partial charge in [0.25, 0.3) is 5.56 Å². The Bertz CT molecular complexity index is 868. The third-order valence-electron chi connectivity index (χ3n) is 4.77. The third-order valence-corrected chi connectivity index (χ3v) is 5.17. The number of aromatic hydroxyl groups is 1. The maximum Gasteiger partial charge on any atom is 0.266 e. The Morgan fingerprint density at radius 3 is 2.59 bits per heavy atom. The molecule has 0 fully saturated rings. The number of rotatable bonds is 2. The Kier molecular flexibility index (Phi) is 3.31. The third kappa shape index (κ3) is 1.77. The van der Waals surface area contributed by atoms with Gasteiger partial charge in [0.15, 0.2) is 4.84 Å². The highest BCUT2D eigenvalue weighted by molar-refractivity contribution is 6.55. The Morgan fingerprint density at radius 2 is 2.00 bits per heavy atom. The lowest BCUT2D eigenvalue weighted by atomic mass is 9.81. The van der Waals surface area contributed by atoms with Crippen molar-refractivity contribution in [2.45, 2.75) is 37.1 Å². The van der Waals surface area contributed by atoms with E-state index in [1.165, 1.54) is 0 Å². The molecule has 2 aromatic rings. The lowest BCUT2D eigenvalue weighted by Crippen LogP contribution is -2.32. The maximum atomic E-state index is 12.8. The van der Waals surface area contributed by atoms with E-state index in [1.54, 1.807) is 16.7 Å². The van der Waals surface area contributed by atoms with Gasteiger partial charge in [0.1, 0.15) is 11.3 Å². The molecule has 0 bridgehead atoms. The van der Waals surface area contributed by atoms with Gasteiger partial charge < -0.3 is 9.67 Å². The van der Waals surface area contributed by atoms with Gasteiger partial charge in [-0.3, -0.25) is 9.59 Å². The molecule has 1 aromatic heterocycles. The van der Waals surface area contributed by atoms with Crippen molar-refractivity contribution in [2.24, 2.45) is 0 Å². The van der Waals surface area contributed by atoms with Gasteiger partial charge in [-0.15, -0.1) is 0 Å². The van der Waals surface area contributed by atoms with Gasteiger partial charge in [0.2, 0.25) is 5.78 Å². The predicted molar refractivity (Wildman–Crippen MR) is 87.4 cm³/mol. The first-order valence-electron chi connectivity index (χ1n) is 6.92. The molecular weight excluding hydrogens is 325 g/mol. The van der Waals surface area contributed by atoms with Crippen molar-refractivity contribution in [1.29, 1.82) is 0 Å². The fourth-order valence-electron chi connectivity index (χ4n) is 3.22. The van der Waals surface area contributed by atoms with E-state index in [1.807, 2.05) is 26.8 Å². The van der Waals surface area contributed by atoms with Crippen LogP contribution in [0.5, 0.6) is 5.75 Å². The summed E-state index contributed by atoms with van der Waals surface area (Å²) in [5, 5.41) is 10.9. The van der Waals surface area contributed by atoms with Crippen molar-refractivity contribution in [3.63, 3.8) is 0 Å². The fraction of sp³-hybridized carbons (Fsp3) is 0.375. The minimum absolute atomic E-state index is 0.156. The largest absolute Gasteiger partial charge is 0.506 e. The van der Waals surface area contributed by atoms with Gasteiger partial charge in [0.05, 0.1) is 5.52 Å². The molecule has 22 heavy (non-hydrogen) atoms. The normalized spacial score (nSPS) is 19.1. The van der Waals surface area contributed by atoms with Crippen molar-refractivity contribution < 1.29 is 9.90 Å². The van der Waals surface area contributed by atoms with Gasteiger partial charge in [-0.25, -0.2) is 0 Å². The highest BCUT2D eigenvalue weighted by atomic mass is 35.5. The van der Waals surface area contributed by atoms with Gasteiger partial charge in [-0.1, -0.05) is 49.2 Å². The van der Waals surface area contributed by atoms with E-state index >= 15 is 0 Å². The second kappa shape index (κ2) is 4.74. The lowest BCUT2D eigenvalue weighted by molar-refractivity contribution is 0.100. The smallest absolute Gasteiger partial charge is 0.266 e. The summed E-state index contributed by atoms with van der Waals surface area (Å²) in [5.41, 5.74) is 0.453. The summed E-state index contributed by atoms with van der Waals surface area (Å²) >= 11 is 11.2. The molecule has 1 aliphatic heterocycles.